The van der Waals surface area contributed by atoms with Gasteiger partial charge in [-0.25, -0.2) is 0 Å². The molecule has 0 spiro atoms. The normalized spacial score (nSPS) is 15.5. The van der Waals surface area contributed by atoms with Crippen LogP contribution in [0.3, 0.4) is 0 Å². The third-order valence-electron chi connectivity index (χ3n) is 5.70. The summed E-state index contributed by atoms with van der Waals surface area (Å²) in [4.78, 5) is 13.6. The van der Waals surface area contributed by atoms with Crippen LogP contribution in [0, 0.1) is 0 Å². The highest BCUT2D eigenvalue weighted by Crippen LogP contribution is 2.43. The zero-order valence-electron chi connectivity index (χ0n) is 18.4. The van der Waals surface area contributed by atoms with Crippen LogP contribution >= 0.6 is 0 Å². The Morgan fingerprint density at radius 1 is 1.19 bits per heavy atom. The number of rotatable bonds is 3. The lowest BCUT2D eigenvalue weighted by Gasteiger charge is -2.28. The van der Waals surface area contributed by atoms with Crippen LogP contribution in [0.2, 0.25) is 0 Å². The standard InChI is InChI=1S/C25H26O7/c1-12(2)5-7-14-17(27)11-19-21(22(14)28)23(29)16-10-20(25(3,4)30)31-18-9-13(26)6-8-15(18)24(16)32-19/h5-6,8-9,11,20,26-28,30H,7,10H2,1-4H3. The number of aliphatic hydroxyl groups is 1. The lowest BCUT2D eigenvalue weighted by Crippen LogP contribution is -2.42. The summed E-state index contributed by atoms with van der Waals surface area (Å²) in [5.74, 6) is -0.0816. The van der Waals surface area contributed by atoms with Gasteiger partial charge in [-0.2, -0.15) is 0 Å². The first-order valence-electron chi connectivity index (χ1n) is 10.4. The predicted molar refractivity (Wildman–Crippen MR) is 120 cm³/mol. The Kier molecular flexibility index (Phi) is 5.17. The smallest absolute Gasteiger partial charge is 0.200 e. The molecule has 0 radical (unpaired) electrons. The van der Waals surface area contributed by atoms with E-state index in [1.165, 1.54) is 18.2 Å². The van der Waals surface area contributed by atoms with Gasteiger partial charge in [-0.3, -0.25) is 4.79 Å². The maximum Gasteiger partial charge on any atom is 0.200 e. The fourth-order valence-electron chi connectivity index (χ4n) is 3.88. The van der Waals surface area contributed by atoms with Crippen molar-refractivity contribution in [1.82, 2.24) is 0 Å². The zero-order valence-corrected chi connectivity index (χ0v) is 18.4. The fourth-order valence-corrected chi connectivity index (χ4v) is 3.88. The lowest BCUT2D eigenvalue weighted by atomic mass is 9.93. The van der Waals surface area contributed by atoms with E-state index in [1.54, 1.807) is 19.9 Å². The van der Waals surface area contributed by atoms with Gasteiger partial charge < -0.3 is 29.6 Å². The minimum Gasteiger partial charge on any atom is -0.508 e. The maximum atomic E-state index is 13.6. The van der Waals surface area contributed by atoms with Crippen LogP contribution in [0.5, 0.6) is 23.0 Å². The number of phenols is 3. The molecule has 1 unspecified atom stereocenters. The van der Waals surface area contributed by atoms with Crippen LogP contribution in [0.4, 0.5) is 0 Å². The van der Waals surface area contributed by atoms with Crippen molar-refractivity contribution < 1.29 is 29.6 Å². The number of aromatic hydroxyl groups is 3. The Bertz CT molecular complexity index is 1300. The summed E-state index contributed by atoms with van der Waals surface area (Å²) in [6.07, 6.45) is 1.31. The third kappa shape index (κ3) is 3.69. The van der Waals surface area contributed by atoms with Crippen LogP contribution in [-0.4, -0.2) is 32.1 Å². The van der Waals surface area contributed by atoms with Gasteiger partial charge >= 0.3 is 0 Å². The van der Waals surface area contributed by atoms with Crippen LogP contribution in [0.1, 0.15) is 38.8 Å². The molecule has 0 aliphatic carbocycles. The second-order valence-corrected chi connectivity index (χ2v) is 8.97. The van der Waals surface area contributed by atoms with Gasteiger partial charge in [0.25, 0.3) is 0 Å². The van der Waals surface area contributed by atoms with Crippen molar-refractivity contribution in [2.45, 2.75) is 52.2 Å². The van der Waals surface area contributed by atoms with Gasteiger partial charge in [0.2, 0.25) is 0 Å². The van der Waals surface area contributed by atoms with E-state index in [2.05, 4.69) is 0 Å². The van der Waals surface area contributed by atoms with Gasteiger partial charge in [-0.15, -0.1) is 0 Å². The van der Waals surface area contributed by atoms with Gasteiger partial charge in [0.15, 0.2) is 5.43 Å². The van der Waals surface area contributed by atoms with Crippen molar-refractivity contribution in [1.29, 1.82) is 0 Å². The molecular formula is C25H26O7. The SMILES string of the molecule is CC(C)=CCc1c(O)cc2oc3c(c(=O)c2c1O)CC(C(C)(C)O)Oc1cc(O)ccc1-3. The molecule has 0 saturated carbocycles. The minimum absolute atomic E-state index is 0.0240. The molecule has 32 heavy (non-hydrogen) atoms. The Hall–Kier alpha value is -3.45. The maximum absolute atomic E-state index is 13.6. The quantitative estimate of drug-likeness (QED) is 0.453. The number of benzene rings is 2. The first-order valence-corrected chi connectivity index (χ1v) is 10.4. The van der Waals surface area contributed by atoms with Crippen LogP contribution in [-0.2, 0) is 12.8 Å². The second kappa shape index (κ2) is 7.60. The van der Waals surface area contributed by atoms with E-state index in [0.29, 0.717) is 5.56 Å². The number of hydrogen-bond acceptors (Lipinski definition) is 7. The molecule has 4 N–H and O–H groups in total. The number of fused-ring (bicyclic) bond motifs is 4. The average molecular weight is 438 g/mol. The molecule has 2 aromatic carbocycles. The van der Waals surface area contributed by atoms with E-state index < -0.39 is 17.1 Å². The molecule has 1 aliphatic heterocycles. The van der Waals surface area contributed by atoms with Gasteiger partial charge in [0, 0.05) is 29.7 Å². The van der Waals surface area contributed by atoms with Crippen LogP contribution in [0.25, 0.3) is 22.3 Å². The van der Waals surface area contributed by atoms with E-state index >= 15 is 0 Å². The van der Waals surface area contributed by atoms with E-state index in [1.807, 2.05) is 19.9 Å². The molecule has 1 aromatic heterocycles. The molecule has 0 bridgehead atoms. The zero-order chi connectivity index (χ0) is 23.4. The number of allylic oxidation sites excluding steroid dienone is 2. The Balaban J connectivity index is 2.04. The van der Waals surface area contributed by atoms with Crippen LogP contribution in [0.15, 0.2) is 45.1 Å². The fraction of sp³-hybridized carbons (Fsp3) is 0.320. The molecule has 2 heterocycles. The molecule has 168 valence electrons. The molecule has 1 aliphatic rings. The highest BCUT2D eigenvalue weighted by Gasteiger charge is 2.36. The first-order chi connectivity index (χ1) is 15.0. The summed E-state index contributed by atoms with van der Waals surface area (Å²) in [6.45, 7) is 6.94. The summed E-state index contributed by atoms with van der Waals surface area (Å²) in [5, 5.41) is 41.9. The topological polar surface area (TPSA) is 120 Å². The van der Waals surface area contributed by atoms with Crippen molar-refractivity contribution in [3.63, 3.8) is 0 Å². The summed E-state index contributed by atoms with van der Waals surface area (Å²) >= 11 is 0. The van der Waals surface area contributed by atoms with E-state index in [-0.39, 0.29) is 63.7 Å². The number of ether oxygens (including phenoxy) is 1. The minimum atomic E-state index is -1.31. The van der Waals surface area contributed by atoms with Crippen molar-refractivity contribution in [2.75, 3.05) is 0 Å². The van der Waals surface area contributed by atoms with Crippen LogP contribution < -0.4 is 10.2 Å². The first kappa shape index (κ1) is 21.8. The van der Waals surface area contributed by atoms with E-state index in [9.17, 15) is 25.2 Å². The van der Waals surface area contributed by atoms with Crippen molar-refractivity contribution in [3.05, 3.63) is 57.3 Å². The van der Waals surface area contributed by atoms with E-state index in [4.69, 9.17) is 9.15 Å². The third-order valence-corrected chi connectivity index (χ3v) is 5.70. The van der Waals surface area contributed by atoms with Gasteiger partial charge in [-0.05, 0) is 46.2 Å². The molecular weight excluding hydrogens is 412 g/mol. The molecule has 3 aromatic rings. The molecule has 7 nitrogen and oxygen atoms in total. The van der Waals surface area contributed by atoms with Gasteiger partial charge in [0.1, 0.15) is 45.8 Å². The average Bonchev–Trinajstić information content (AvgIpc) is 2.84. The predicted octanol–water partition coefficient (Wildman–Crippen LogP) is 4.16. The molecule has 7 heteroatoms. The lowest BCUT2D eigenvalue weighted by molar-refractivity contribution is -0.0322. The highest BCUT2D eigenvalue weighted by atomic mass is 16.5. The summed E-state index contributed by atoms with van der Waals surface area (Å²) in [6, 6.07) is 5.72. The Morgan fingerprint density at radius 3 is 2.56 bits per heavy atom. The van der Waals surface area contributed by atoms with E-state index in [0.717, 1.165) is 5.57 Å². The Labute approximate surface area is 184 Å². The largest absolute Gasteiger partial charge is 0.508 e. The molecule has 0 saturated heterocycles. The summed E-state index contributed by atoms with van der Waals surface area (Å²) in [5.41, 5.74) is 0.168. The highest BCUT2D eigenvalue weighted by molar-refractivity contribution is 5.89. The second-order valence-electron chi connectivity index (χ2n) is 8.97. The van der Waals surface area contributed by atoms with Crippen molar-refractivity contribution >= 4 is 11.0 Å². The van der Waals surface area contributed by atoms with Gasteiger partial charge in [-0.1, -0.05) is 11.6 Å². The number of phenolic OH excluding ortho intramolecular Hbond substituents is 3. The summed E-state index contributed by atoms with van der Waals surface area (Å²) < 4.78 is 12.0. The monoisotopic (exact) mass is 438 g/mol. The van der Waals surface area contributed by atoms with Gasteiger partial charge in [0.05, 0.1) is 11.2 Å². The molecule has 4 rings (SSSR count). The number of hydrogen-bond donors (Lipinski definition) is 4. The summed E-state index contributed by atoms with van der Waals surface area (Å²) in [7, 11) is 0. The van der Waals surface area contributed by atoms with Crippen molar-refractivity contribution in [3.8, 4) is 34.3 Å². The molecule has 1 atom stereocenters. The Morgan fingerprint density at radius 2 is 1.91 bits per heavy atom. The van der Waals surface area contributed by atoms with Crippen molar-refractivity contribution in [2.24, 2.45) is 0 Å². The molecule has 0 fully saturated rings. The molecule has 0 amide bonds.